The van der Waals surface area contributed by atoms with Crippen LogP contribution >= 0.6 is 0 Å². The molecule has 1 unspecified atom stereocenters. The molecule has 0 saturated carbocycles. The maximum atomic E-state index is 12.1. The van der Waals surface area contributed by atoms with Crippen molar-refractivity contribution in [2.75, 3.05) is 19.8 Å². The maximum absolute atomic E-state index is 12.1. The van der Waals surface area contributed by atoms with Gasteiger partial charge in [-0.25, -0.2) is 0 Å². The molecule has 1 aliphatic carbocycles. The molecule has 2 rings (SSSR count). The highest BCUT2D eigenvalue weighted by Gasteiger charge is 2.24. The topological polar surface area (TPSA) is 64.6 Å². The van der Waals surface area contributed by atoms with Gasteiger partial charge in [0.1, 0.15) is 6.10 Å². The molecule has 1 heterocycles. The van der Waals surface area contributed by atoms with E-state index in [4.69, 9.17) is 9.47 Å². The van der Waals surface area contributed by atoms with Crippen LogP contribution in [0, 0.1) is 17.8 Å². The van der Waals surface area contributed by atoms with Crippen molar-refractivity contribution in [1.82, 2.24) is 5.32 Å². The lowest BCUT2D eigenvalue weighted by Crippen LogP contribution is -2.35. The predicted octanol–water partition coefficient (Wildman–Crippen LogP) is 2.45. The van der Waals surface area contributed by atoms with E-state index in [-0.39, 0.29) is 29.8 Å². The summed E-state index contributed by atoms with van der Waals surface area (Å²) in [6.45, 7) is 5.98. The van der Waals surface area contributed by atoms with Crippen LogP contribution in [0.4, 0.5) is 0 Å². The number of amides is 1. The molecule has 0 aromatic heterocycles. The molecule has 0 aromatic rings. The standard InChI is InChI=1S/C18H29NO4/c1-13(2)9-14(10-17(20)23-16-7-8-22-12-16)11-19-18(21)15-5-3-4-6-15/h3-4,13-16H,5-12H2,1-2H3,(H,19,21)/t14-,16?/m0/s1. The molecule has 1 N–H and O–H groups in total. The Morgan fingerprint density at radius 2 is 2.04 bits per heavy atom. The molecule has 23 heavy (non-hydrogen) atoms. The Kier molecular flexibility index (Phi) is 7.09. The number of nitrogens with one attached hydrogen (secondary N) is 1. The molecule has 5 nitrogen and oxygen atoms in total. The van der Waals surface area contributed by atoms with Gasteiger partial charge >= 0.3 is 5.97 Å². The molecular weight excluding hydrogens is 294 g/mol. The molecule has 2 atom stereocenters. The number of esters is 1. The van der Waals surface area contributed by atoms with E-state index >= 15 is 0 Å². The number of carbonyl (C=O) groups is 2. The zero-order chi connectivity index (χ0) is 16.7. The Morgan fingerprint density at radius 1 is 1.30 bits per heavy atom. The fraction of sp³-hybridized carbons (Fsp3) is 0.778. The summed E-state index contributed by atoms with van der Waals surface area (Å²) in [6.07, 6.45) is 7.70. The van der Waals surface area contributed by atoms with E-state index in [0.717, 1.165) is 25.7 Å². The second-order valence-electron chi connectivity index (χ2n) is 7.06. The van der Waals surface area contributed by atoms with Gasteiger partial charge in [0.15, 0.2) is 0 Å². The molecule has 0 aromatic carbocycles. The van der Waals surface area contributed by atoms with Crippen molar-refractivity contribution >= 4 is 11.9 Å². The number of rotatable bonds is 8. The Labute approximate surface area is 138 Å². The van der Waals surface area contributed by atoms with E-state index in [1.54, 1.807) is 0 Å². The summed E-state index contributed by atoms with van der Waals surface area (Å²) in [7, 11) is 0. The van der Waals surface area contributed by atoms with Crippen LogP contribution in [0.3, 0.4) is 0 Å². The number of hydrogen-bond donors (Lipinski definition) is 1. The number of carbonyl (C=O) groups excluding carboxylic acids is 2. The highest BCUT2D eigenvalue weighted by atomic mass is 16.6. The number of ether oxygens (including phenoxy) is 2. The Balaban J connectivity index is 1.75. The van der Waals surface area contributed by atoms with Gasteiger partial charge in [0, 0.05) is 18.9 Å². The first kappa shape index (κ1) is 18.0. The van der Waals surface area contributed by atoms with Crippen LogP contribution in [0.2, 0.25) is 0 Å². The molecule has 130 valence electrons. The SMILES string of the molecule is CC(C)C[C@H](CNC(=O)C1CC=CC1)CC(=O)OC1CCOC1. The van der Waals surface area contributed by atoms with Crippen LogP contribution in [-0.2, 0) is 19.1 Å². The predicted molar refractivity (Wildman–Crippen MR) is 87.8 cm³/mol. The van der Waals surface area contributed by atoms with Crippen molar-refractivity contribution in [3.63, 3.8) is 0 Å². The Bertz CT molecular complexity index is 419. The summed E-state index contributed by atoms with van der Waals surface area (Å²) in [6, 6.07) is 0. The van der Waals surface area contributed by atoms with Gasteiger partial charge in [0.25, 0.3) is 0 Å². The minimum Gasteiger partial charge on any atom is -0.460 e. The van der Waals surface area contributed by atoms with E-state index in [1.807, 2.05) is 0 Å². The molecule has 1 aliphatic heterocycles. The van der Waals surface area contributed by atoms with E-state index in [9.17, 15) is 9.59 Å². The summed E-state index contributed by atoms with van der Waals surface area (Å²) in [5.74, 6) is 0.595. The van der Waals surface area contributed by atoms with Gasteiger partial charge in [-0.2, -0.15) is 0 Å². The summed E-state index contributed by atoms with van der Waals surface area (Å²) in [5.41, 5.74) is 0. The first-order valence-electron chi connectivity index (χ1n) is 8.74. The third-order valence-electron chi connectivity index (χ3n) is 4.39. The lowest BCUT2D eigenvalue weighted by molar-refractivity contribution is -0.150. The van der Waals surface area contributed by atoms with Crippen molar-refractivity contribution < 1.29 is 19.1 Å². The van der Waals surface area contributed by atoms with Crippen molar-refractivity contribution in [1.29, 1.82) is 0 Å². The second-order valence-corrected chi connectivity index (χ2v) is 7.06. The zero-order valence-corrected chi connectivity index (χ0v) is 14.3. The van der Waals surface area contributed by atoms with E-state index < -0.39 is 0 Å². The molecule has 1 amide bonds. The van der Waals surface area contributed by atoms with Gasteiger partial charge in [-0.3, -0.25) is 9.59 Å². The highest BCUT2D eigenvalue weighted by Crippen LogP contribution is 2.20. The van der Waals surface area contributed by atoms with Gasteiger partial charge in [-0.05, 0) is 31.1 Å². The third kappa shape index (κ3) is 6.34. The first-order valence-corrected chi connectivity index (χ1v) is 8.74. The van der Waals surface area contributed by atoms with Crippen molar-refractivity contribution in [2.45, 2.75) is 52.1 Å². The molecule has 0 spiro atoms. The molecule has 2 aliphatic rings. The Hall–Kier alpha value is -1.36. The van der Waals surface area contributed by atoms with E-state index in [0.29, 0.717) is 32.1 Å². The summed E-state index contributed by atoms with van der Waals surface area (Å²) in [5, 5.41) is 3.02. The molecular formula is C18H29NO4. The van der Waals surface area contributed by atoms with Gasteiger partial charge < -0.3 is 14.8 Å². The molecule has 1 saturated heterocycles. The lowest BCUT2D eigenvalue weighted by Gasteiger charge is -2.21. The highest BCUT2D eigenvalue weighted by molar-refractivity contribution is 5.79. The van der Waals surface area contributed by atoms with Crippen LogP contribution in [0.1, 0.15) is 46.0 Å². The van der Waals surface area contributed by atoms with Crippen LogP contribution in [-0.4, -0.2) is 37.7 Å². The molecule has 0 bridgehead atoms. The fourth-order valence-corrected chi connectivity index (χ4v) is 3.20. The largest absolute Gasteiger partial charge is 0.460 e. The van der Waals surface area contributed by atoms with E-state index in [2.05, 4.69) is 31.3 Å². The van der Waals surface area contributed by atoms with Crippen molar-refractivity contribution in [3.05, 3.63) is 12.2 Å². The molecule has 0 radical (unpaired) electrons. The van der Waals surface area contributed by atoms with Gasteiger partial charge in [0.2, 0.25) is 5.91 Å². The smallest absolute Gasteiger partial charge is 0.306 e. The minimum absolute atomic E-state index is 0.0669. The van der Waals surface area contributed by atoms with Gasteiger partial charge in [0.05, 0.1) is 19.6 Å². The molecule has 5 heteroatoms. The average Bonchev–Trinajstić information content (AvgIpc) is 3.16. The molecule has 1 fully saturated rings. The number of hydrogen-bond acceptors (Lipinski definition) is 4. The fourth-order valence-electron chi connectivity index (χ4n) is 3.20. The summed E-state index contributed by atoms with van der Waals surface area (Å²) < 4.78 is 10.7. The average molecular weight is 323 g/mol. The van der Waals surface area contributed by atoms with Gasteiger partial charge in [-0.1, -0.05) is 26.0 Å². The van der Waals surface area contributed by atoms with Gasteiger partial charge in [-0.15, -0.1) is 0 Å². The normalized spacial score (nSPS) is 22.5. The number of allylic oxidation sites excluding steroid dienone is 2. The monoisotopic (exact) mass is 323 g/mol. The van der Waals surface area contributed by atoms with E-state index in [1.165, 1.54) is 0 Å². The van der Waals surface area contributed by atoms with Crippen LogP contribution in [0.15, 0.2) is 12.2 Å². The third-order valence-corrected chi connectivity index (χ3v) is 4.39. The Morgan fingerprint density at radius 3 is 2.65 bits per heavy atom. The van der Waals surface area contributed by atoms with Crippen LogP contribution < -0.4 is 5.32 Å². The summed E-state index contributed by atoms with van der Waals surface area (Å²) in [4.78, 5) is 24.2. The quantitative estimate of drug-likeness (QED) is 0.550. The van der Waals surface area contributed by atoms with Crippen molar-refractivity contribution in [3.8, 4) is 0 Å². The first-order chi connectivity index (χ1) is 11.0. The maximum Gasteiger partial charge on any atom is 0.306 e. The minimum atomic E-state index is -0.178. The lowest BCUT2D eigenvalue weighted by atomic mass is 9.93. The van der Waals surface area contributed by atoms with Crippen LogP contribution in [0.25, 0.3) is 0 Å². The van der Waals surface area contributed by atoms with Crippen LogP contribution in [0.5, 0.6) is 0 Å². The second kappa shape index (κ2) is 9.06. The summed E-state index contributed by atoms with van der Waals surface area (Å²) >= 11 is 0. The zero-order valence-electron chi connectivity index (χ0n) is 14.3. The van der Waals surface area contributed by atoms with Crippen molar-refractivity contribution in [2.24, 2.45) is 17.8 Å².